The number of nitriles is 1. The molecule has 0 radical (unpaired) electrons. The van der Waals surface area contributed by atoms with Gasteiger partial charge in [-0.2, -0.15) is 5.26 Å². The number of carbonyl (C=O) groups is 1. The molecule has 26 heavy (non-hydrogen) atoms. The highest BCUT2D eigenvalue weighted by molar-refractivity contribution is 5.64. The Kier molecular flexibility index (Phi) is 5.96. The Morgan fingerprint density at radius 1 is 1.35 bits per heavy atom. The van der Waals surface area contributed by atoms with Gasteiger partial charge in [0.05, 0.1) is 17.7 Å². The lowest BCUT2D eigenvalue weighted by atomic mass is 9.92. The number of amides is 1. The third-order valence-corrected chi connectivity index (χ3v) is 5.48. The first-order valence-electron chi connectivity index (χ1n) is 9.11. The summed E-state index contributed by atoms with van der Waals surface area (Å²) < 4.78 is 5.75. The molecule has 0 aromatic heterocycles. The number of carboxylic acid groups (broad SMARTS) is 1. The van der Waals surface area contributed by atoms with Crippen molar-refractivity contribution in [3.05, 3.63) is 29.8 Å². The van der Waals surface area contributed by atoms with Gasteiger partial charge in [-0.25, -0.2) is 4.79 Å². The minimum Gasteiger partial charge on any atom is -0.491 e. The highest BCUT2D eigenvalue weighted by Gasteiger charge is 2.41. The summed E-state index contributed by atoms with van der Waals surface area (Å²) in [7, 11) is 2.03. The standard InChI is InChI=1S/C19H26N4O3/c1-21-18-14-4-5-15(18)10-23(9-14)11-16(22-19(24)25)12-26-17-6-2-13(8-20)3-7-17/h2-3,6-7,14-16,18,21-22H,4-5,9-12H2,1H3,(H,24,25)/t14?,15?,16-,18?/m0/s1. The van der Waals surface area contributed by atoms with Gasteiger partial charge >= 0.3 is 6.09 Å². The van der Waals surface area contributed by atoms with Gasteiger partial charge in [-0.05, 0) is 56.0 Å². The lowest BCUT2D eigenvalue weighted by molar-refractivity contribution is 0.108. The number of ether oxygens (including phenoxy) is 1. The monoisotopic (exact) mass is 358 g/mol. The van der Waals surface area contributed by atoms with Crippen LogP contribution in [0.3, 0.4) is 0 Å². The van der Waals surface area contributed by atoms with Crippen LogP contribution in [0.4, 0.5) is 4.79 Å². The molecular weight excluding hydrogens is 332 g/mol. The second kappa shape index (κ2) is 8.39. The molecule has 3 N–H and O–H groups in total. The zero-order chi connectivity index (χ0) is 18.5. The minimum atomic E-state index is -1.04. The van der Waals surface area contributed by atoms with Gasteiger partial charge in [-0.15, -0.1) is 0 Å². The zero-order valence-corrected chi connectivity index (χ0v) is 15.0. The third-order valence-electron chi connectivity index (χ3n) is 5.48. The molecule has 3 atom stereocenters. The summed E-state index contributed by atoms with van der Waals surface area (Å²) in [6, 6.07) is 9.20. The number of fused-ring (bicyclic) bond motifs is 2. The normalized spacial score (nSPS) is 26.1. The molecule has 7 nitrogen and oxygen atoms in total. The minimum absolute atomic E-state index is 0.263. The fraction of sp³-hybridized carbons (Fsp3) is 0.579. The van der Waals surface area contributed by atoms with E-state index in [1.165, 1.54) is 12.8 Å². The maximum Gasteiger partial charge on any atom is 0.405 e. The fourth-order valence-electron chi connectivity index (χ4n) is 4.39. The van der Waals surface area contributed by atoms with E-state index < -0.39 is 6.09 Å². The molecule has 7 heteroatoms. The fourth-order valence-corrected chi connectivity index (χ4v) is 4.39. The van der Waals surface area contributed by atoms with E-state index in [4.69, 9.17) is 15.1 Å². The van der Waals surface area contributed by atoms with Crippen LogP contribution < -0.4 is 15.4 Å². The van der Waals surface area contributed by atoms with Crippen LogP contribution >= 0.6 is 0 Å². The number of hydrogen-bond acceptors (Lipinski definition) is 5. The van der Waals surface area contributed by atoms with Crippen molar-refractivity contribution in [3.63, 3.8) is 0 Å². The Morgan fingerprint density at radius 2 is 2.00 bits per heavy atom. The van der Waals surface area contributed by atoms with Crippen LogP contribution in [0.2, 0.25) is 0 Å². The van der Waals surface area contributed by atoms with Crippen LogP contribution in [0.15, 0.2) is 24.3 Å². The smallest absolute Gasteiger partial charge is 0.405 e. The number of nitrogens with zero attached hydrogens (tertiary/aromatic N) is 2. The lowest BCUT2D eigenvalue weighted by Crippen LogP contribution is -2.54. The summed E-state index contributed by atoms with van der Waals surface area (Å²) in [6.45, 7) is 2.90. The van der Waals surface area contributed by atoms with Crippen LogP contribution in [-0.4, -0.2) is 61.5 Å². The van der Waals surface area contributed by atoms with Crippen molar-refractivity contribution in [2.75, 3.05) is 33.3 Å². The van der Waals surface area contributed by atoms with Crippen LogP contribution in [0.5, 0.6) is 5.75 Å². The summed E-state index contributed by atoms with van der Waals surface area (Å²) in [6.07, 6.45) is 1.45. The van der Waals surface area contributed by atoms with E-state index in [1.54, 1.807) is 24.3 Å². The quantitative estimate of drug-likeness (QED) is 0.683. The maximum atomic E-state index is 11.2. The molecule has 2 bridgehead atoms. The average Bonchev–Trinajstić information content (AvgIpc) is 2.89. The van der Waals surface area contributed by atoms with Crippen molar-refractivity contribution in [1.82, 2.24) is 15.5 Å². The number of hydrogen-bond donors (Lipinski definition) is 3. The molecule has 1 aliphatic heterocycles. The molecule has 1 aliphatic carbocycles. The molecule has 1 saturated heterocycles. The molecule has 1 heterocycles. The Morgan fingerprint density at radius 3 is 2.54 bits per heavy atom. The average molecular weight is 358 g/mol. The second-order valence-electron chi connectivity index (χ2n) is 7.22. The van der Waals surface area contributed by atoms with Crippen molar-refractivity contribution >= 4 is 6.09 Å². The number of likely N-dealkylation sites (tertiary alicyclic amines) is 1. The van der Waals surface area contributed by atoms with E-state index in [1.807, 2.05) is 7.05 Å². The molecule has 140 valence electrons. The first kappa shape index (κ1) is 18.5. The molecule has 0 spiro atoms. The highest BCUT2D eigenvalue weighted by atomic mass is 16.5. The summed E-state index contributed by atoms with van der Waals surface area (Å²) >= 11 is 0. The van der Waals surface area contributed by atoms with Gasteiger partial charge in [0, 0.05) is 25.7 Å². The van der Waals surface area contributed by atoms with E-state index in [0.717, 1.165) is 13.1 Å². The van der Waals surface area contributed by atoms with E-state index >= 15 is 0 Å². The number of benzene rings is 1. The number of rotatable bonds is 7. The predicted octanol–water partition coefficient (Wildman–Crippen LogP) is 1.50. The SMILES string of the molecule is CNC1C2CCC1CN(C[C@@H](COc1ccc(C#N)cc1)NC(=O)O)C2. The zero-order valence-electron chi connectivity index (χ0n) is 15.0. The molecule has 2 aliphatic rings. The molecule has 1 saturated carbocycles. The Balaban J connectivity index is 1.56. The van der Waals surface area contributed by atoms with Crippen LogP contribution in [0, 0.1) is 23.2 Å². The largest absolute Gasteiger partial charge is 0.491 e. The summed E-state index contributed by atoms with van der Waals surface area (Å²) in [5.74, 6) is 1.92. The highest BCUT2D eigenvalue weighted by Crippen LogP contribution is 2.36. The van der Waals surface area contributed by atoms with E-state index in [2.05, 4.69) is 21.6 Å². The summed E-state index contributed by atoms with van der Waals surface area (Å²) in [5, 5.41) is 24.0. The molecule has 2 fully saturated rings. The molecule has 3 rings (SSSR count). The third kappa shape index (κ3) is 4.45. The predicted molar refractivity (Wildman–Crippen MR) is 97.1 cm³/mol. The van der Waals surface area contributed by atoms with Crippen molar-refractivity contribution in [2.24, 2.45) is 11.8 Å². The van der Waals surface area contributed by atoms with Gasteiger partial charge in [0.15, 0.2) is 0 Å². The van der Waals surface area contributed by atoms with Gasteiger partial charge in [0.1, 0.15) is 12.4 Å². The molecule has 1 aromatic carbocycles. The molecule has 1 aromatic rings. The maximum absolute atomic E-state index is 11.2. The van der Waals surface area contributed by atoms with Gasteiger partial charge in [0.2, 0.25) is 0 Å². The topological polar surface area (TPSA) is 97.6 Å². The first-order chi connectivity index (χ1) is 12.6. The summed E-state index contributed by atoms with van der Waals surface area (Å²) in [5.41, 5.74) is 0.570. The van der Waals surface area contributed by atoms with Gasteiger partial charge in [-0.1, -0.05) is 0 Å². The van der Waals surface area contributed by atoms with Crippen molar-refractivity contribution < 1.29 is 14.6 Å². The van der Waals surface area contributed by atoms with Crippen LogP contribution in [0.25, 0.3) is 0 Å². The van der Waals surface area contributed by atoms with Crippen molar-refractivity contribution in [3.8, 4) is 11.8 Å². The Hall–Kier alpha value is -2.30. The Bertz CT molecular complexity index is 644. The van der Waals surface area contributed by atoms with E-state index in [0.29, 0.717) is 35.7 Å². The van der Waals surface area contributed by atoms with E-state index in [-0.39, 0.29) is 12.6 Å². The summed E-state index contributed by atoms with van der Waals surface area (Å²) in [4.78, 5) is 13.5. The first-order valence-corrected chi connectivity index (χ1v) is 9.11. The molecule has 2 unspecified atom stereocenters. The molecule has 1 amide bonds. The second-order valence-corrected chi connectivity index (χ2v) is 7.22. The van der Waals surface area contributed by atoms with Crippen molar-refractivity contribution in [1.29, 1.82) is 5.26 Å². The van der Waals surface area contributed by atoms with Gasteiger partial charge in [0.25, 0.3) is 0 Å². The van der Waals surface area contributed by atoms with Gasteiger partial charge in [-0.3, -0.25) is 0 Å². The van der Waals surface area contributed by atoms with Crippen molar-refractivity contribution in [2.45, 2.75) is 24.9 Å². The van der Waals surface area contributed by atoms with Crippen LogP contribution in [0.1, 0.15) is 18.4 Å². The number of nitrogens with one attached hydrogen (secondary N) is 2. The number of piperidine rings is 1. The lowest BCUT2D eigenvalue weighted by Gasteiger charge is -2.39. The molecular formula is C19H26N4O3. The van der Waals surface area contributed by atoms with Crippen LogP contribution in [-0.2, 0) is 0 Å². The van der Waals surface area contributed by atoms with E-state index in [9.17, 15) is 4.79 Å². The van der Waals surface area contributed by atoms with Gasteiger partial charge < -0.3 is 25.4 Å². The Labute approximate surface area is 153 Å².